The van der Waals surface area contributed by atoms with Crippen LogP contribution in [0.5, 0.6) is 5.75 Å². The zero-order valence-corrected chi connectivity index (χ0v) is 12.5. The quantitative estimate of drug-likeness (QED) is 0.810. The molecule has 0 aliphatic rings. The number of rotatable bonds is 7. The summed E-state index contributed by atoms with van der Waals surface area (Å²) in [5.74, 6) is 0.919. The van der Waals surface area contributed by atoms with Crippen LogP contribution in [-0.2, 0) is 0 Å². The van der Waals surface area contributed by atoms with Crippen molar-refractivity contribution in [2.45, 2.75) is 39.7 Å². The van der Waals surface area contributed by atoms with E-state index in [2.05, 4.69) is 47.2 Å². The van der Waals surface area contributed by atoms with Gasteiger partial charge in [0.2, 0.25) is 0 Å². The van der Waals surface area contributed by atoms with Gasteiger partial charge in [-0.05, 0) is 53.5 Å². The van der Waals surface area contributed by atoms with Crippen LogP contribution in [0, 0.1) is 0 Å². The highest BCUT2D eigenvalue weighted by Gasteiger charge is 2.11. The fourth-order valence-electron chi connectivity index (χ4n) is 1.93. The lowest BCUT2D eigenvalue weighted by atomic mass is 10.0. The molecule has 3 heteroatoms. The monoisotopic (exact) mass is 299 g/mol. The van der Waals surface area contributed by atoms with E-state index < -0.39 is 0 Å². The van der Waals surface area contributed by atoms with Crippen molar-refractivity contribution in [3.8, 4) is 5.75 Å². The number of benzene rings is 1. The zero-order chi connectivity index (χ0) is 12.7. The molecule has 1 aromatic rings. The maximum atomic E-state index is 5.52. The van der Waals surface area contributed by atoms with Crippen LogP contribution < -0.4 is 10.1 Å². The molecule has 0 saturated carbocycles. The molecule has 0 heterocycles. The normalized spacial score (nSPS) is 12.5. The van der Waals surface area contributed by atoms with Crippen LogP contribution in [0.15, 0.2) is 22.7 Å². The summed E-state index contributed by atoms with van der Waals surface area (Å²) in [5.41, 5.74) is 1.32. The van der Waals surface area contributed by atoms with Crippen molar-refractivity contribution in [1.82, 2.24) is 5.32 Å². The second kappa shape index (κ2) is 7.72. The van der Waals surface area contributed by atoms with E-state index in [0.717, 1.165) is 23.2 Å². The Labute approximate surface area is 113 Å². The summed E-state index contributed by atoms with van der Waals surface area (Å²) < 4.78 is 6.56. The van der Waals surface area contributed by atoms with Crippen molar-refractivity contribution in [3.63, 3.8) is 0 Å². The van der Waals surface area contributed by atoms with Gasteiger partial charge < -0.3 is 10.1 Å². The molecule has 0 amide bonds. The summed E-state index contributed by atoms with van der Waals surface area (Å²) in [6.07, 6.45) is 2.34. The van der Waals surface area contributed by atoms with Gasteiger partial charge in [0, 0.05) is 6.04 Å². The minimum atomic E-state index is 0.442. The third kappa shape index (κ3) is 4.32. The lowest BCUT2D eigenvalue weighted by molar-refractivity contribution is 0.338. The molecule has 1 rings (SSSR count). The molecule has 1 atom stereocenters. The summed E-state index contributed by atoms with van der Waals surface area (Å²) in [7, 11) is 0. The summed E-state index contributed by atoms with van der Waals surface area (Å²) in [6.45, 7) is 8.05. The van der Waals surface area contributed by atoms with E-state index in [4.69, 9.17) is 4.74 Å². The Morgan fingerprint density at radius 2 is 2.06 bits per heavy atom. The van der Waals surface area contributed by atoms with E-state index in [1.54, 1.807) is 0 Å². The Balaban J connectivity index is 2.85. The maximum Gasteiger partial charge on any atom is 0.133 e. The topological polar surface area (TPSA) is 21.3 Å². The van der Waals surface area contributed by atoms with Gasteiger partial charge in [0.05, 0.1) is 11.1 Å². The summed E-state index contributed by atoms with van der Waals surface area (Å²) in [5, 5.41) is 3.52. The molecule has 1 unspecified atom stereocenters. The smallest absolute Gasteiger partial charge is 0.133 e. The van der Waals surface area contributed by atoms with Gasteiger partial charge in [-0.15, -0.1) is 0 Å². The van der Waals surface area contributed by atoms with E-state index in [-0.39, 0.29) is 0 Å². The Bertz CT molecular complexity index is 335. The molecule has 0 bridgehead atoms. The molecule has 1 N–H and O–H groups in total. The first-order chi connectivity index (χ1) is 8.22. The standard InChI is InChI=1S/C14H22BrNO/c1-4-7-13(16-5-2)11-8-9-14(17-6-3)12(15)10-11/h8-10,13,16H,4-7H2,1-3H3. The predicted octanol–water partition coefficient (Wildman–Crippen LogP) is 4.30. The molecule has 0 saturated heterocycles. The number of ether oxygens (including phenoxy) is 1. The summed E-state index contributed by atoms with van der Waals surface area (Å²) in [6, 6.07) is 6.80. The molecular formula is C14H22BrNO. The van der Waals surface area contributed by atoms with E-state index in [0.29, 0.717) is 12.6 Å². The SMILES string of the molecule is CCCC(NCC)c1ccc(OCC)c(Br)c1. The number of halogens is 1. The number of hydrogen-bond donors (Lipinski definition) is 1. The van der Waals surface area contributed by atoms with Gasteiger partial charge in [0.25, 0.3) is 0 Å². The van der Waals surface area contributed by atoms with Crippen molar-refractivity contribution < 1.29 is 4.74 Å². The van der Waals surface area contributed by atoms with Crippen LogP contribution in [0.25, 0.3) is 0 Å². The molecule has 17 heavy (non-hydrogen) atoms. The molecular weight excluding hydrogens is 278 g/mol. The average Bonchev–Trinajstić information content (AvgIpc) is 2.32. The minimum Gasteiger partial charge on any atom is -0.493 e. The van der Waals surface area contributed by atoms with Crippen molar-refractivity contribution in [2.75, 3.05) is 13.2 Å². The van der Waals surface area contributed by atoms with Gasteiger partial charge in [-0.3, -0.25) is 0 Å². The van der Waals surface area contributed by atoms with Gasteiger partial charge >= 0.3 is 0 Å². The van der Waals surface area contributed by atoms with Gasteiger partial charge in [-0.2, -0.15) is 0 Å². The number of nitrogens with one attached hydrogen (secondary N) is 1. The van der Waals surface area contributed by atoms with Crippen LogP contribution in [0.2, 0.25) is 0 Å². The first kappa shape index (κ1) is 14.5. The minimum absolute atomic E-state index is 0.442. The van der Waals surface area contributed by atoms with Crippen molar-refractivity contribution in [2.24, 2.45) is 0 Å². The van der Waals surface area contributed by atoms with E-state index in [1.807, 2.05) is 13.0 Å². The molecule has 0 aliphatic heterocycles. The zero-order valence-electron chi connectivity index (χ0n) is 10.9. The highest BCUT2D eigenvalue weighted by molar-refractivity contribution is 9.10. The van der Waals surface area contributed by atoms with Crippen LogP contribution in [0.4, 0.5) is 0 Å². The first-order valence-corrected chi connectivity index (χ1v) is 7.17. The molecule has 1 aromatic carbocycles. The van der Waals surface area contributed by atoms with Crippen LogP contribution in [0.1, 0.15) is 45.2 Å². The maximum absolute atomic E-state index is 5.52. The van der Waals surface area contributed by atoms with Crippen LogP contribution in [0.3, 0.4) is 0 Å². The second-order valence-corrected chi connectivity index (χ2v) is 4.88. The van der Waals surface area contributed by atoms with E-state index in [1.165, 1.54) is 12.0 Å². The molecule has 0 fully saturated rings. The van der Waals surface area contributed by atoms with Crippen LogP contribution in [-0.4, -0.2) is 13.2 Å². The fourth-order valence-corrected chi connectivity index (χ4v) is 2.44. The Hall–Kier alpha value is -0.540. The Kier molecular flexibility index (Phi) is 6.60. The lowest BCUT2D eigenvalue weighted by Crippen LogP contribution is -2.20. The Morgan fingerprint density at radius 3 is 2.59 bits per heavy atom. The van der Waals surface area contributed by atoms with Gasteiger partial charge in [0.1, 0.15) is 5.75 Å². The molecule has 2 nitrogen and oxygen atoms in total. The van der Waals surface area contributed by atoms with Crippen molar-refractivity contribution >= 4 is 15.9 Å². The van der Waals surface area contributed by atoms with Gasteiger partial charge in [-0.25, -0.2) is 0 Å². The Morgan fingerprint density at radius 1 is 1.29 bits per heavy atom. The van der Waals surface area contributed by atoms with Gasteiger partial charge in [0.15, 0.2) is 0 Å². The largest absolute Gasteiger partial charge is 0.493 e. The average molecular weight is 300 g/mol. The molecule has 0 aromatic heterocycles. The second-order valence-electron chi connectivity index (χ2n) is 4.02. The summed E-state index contributed by atoms with van der Waals surface area (Å²) in [4.78, 5) is 0. The number of hydrogen-bond acceptors (Lipinski definition) is 2. The lowest BCUT2D eigenvalue weighted by Gasteiger charge is -2.18. The van der Waals surface area contributed by atoms with Crippen LogP contribution >= 0.6 is 15.9 Å². The highest BCUT2D eigenvalue weighted by Crippen LogP contribution is 2.29. The van der Waals surface area contributed by atoms with E-state index >= 15 is 0 Å². The molecule has 0 spiro atoms. The third-order valence-electron chi connectivity index (χ3n) is 2.69. The third-order valence-corrected chi connectivity index (χ3v) is 3.31. The fraction of sp³-hybridized carbons (Fsp3) is 0.571. The van der Waals surface area contributed by atoms with Crippen molar-refractivity contribution in [1.29, 1.82) is 0 Å². The molecule has 0 radical (unpaired) electrons. The highest BCUT2D eigenvalue weighted by atomic mass is 79.9. The van der Waals surface area contributed by atoms with Crippen molar-refractivity contribution in [3.05, 3.63) is 28.2 Å². The van der Waals surface area contributed by atoms with Gasteiger partial charge in [-0.1, -0.05) is 26.3 Å². The predicted molar refractivity (Wildman–Crippen MR) is 76.6 cm³/mol. The first-order valence-electron chi connectivity index (χ1n) is 6.38. The molecule has 0 aliphatic carbocycles. The summed E-state index contributed by atoms with van der Waals surface area (Å²) >= 11 is 3.57. The molecule has 96 valence electrons. The van der Waals surface area contributed by atoms with E-state index in [9.17, 15) is 0 Å².